The fourth-order valence-electron chi connectivity index (χ4n) is 1.69. The van der Waals surface area contributed by atoms with Crippen molar-refractivity contribution in [2.75, 3.05) is 29.5 Å². The van der Waals surface area contributed by atoms with Gasteiger partial charge in [0.05, 0.1) is 11.4 Å². The first-order valence-corrected chi connectivity index (χ1v) is 6.57. The summed E-state index contributed by atoms with van der Waals surface area (Å²) in [7, 11) is 0. The van der Waals surface area contributed by atoms with Crippen LogP contribution in [0, 0.1) is 5.92 Å². The number of amides is 1. The molecule has 0 saturated heterocycles. The van der Waals surface area contributed by atoms with E-state index in [1.165, 1.54) is 0 Å². The second-order valence-corrected chi connectivity index (χ2v) is 4.95. The van der Waals surface area contributed by atoms with Gasteiger partial charge in [-0.05, 0) is 30.5 Å². The molecule has 0 heterocycles. The maximum atomic E-state index is 11.6. The molecule has 1 amide bonds. The number of carbonyl (C=O) groups is 1. The Hall–Kier alpha value is -1.75. The van der Waals surface area contributed by atoms with Crippen LogP contribution in [-0.2, 0) is 4.79 Å². The Labute approximate surface area is 114 Å². The van der Waals surface area contributed by atoms with E-state index in [-0.39, 0.29) is 12.5 Å². The lowest BCUT2D eigenvalue weighted by Gasteiger charge is -2.12. The highest BCUT2D eigenvalue weighted by Gasteiger charge is 2.06. The first kappa shape index (κ1) is 15.3. The van der Waals surface area contributed by atoms with Crippen LogP contribution in [0.3, 0.4) is 0 Å². The summed E-state index contributed by atoms with van der Waals surface area (Å²) in [5.74, 6) is 0.326. The molecule has 5 heteroatoms. The van der Waals surface area contributed by atoms with Gasteiger partial charge in [-0.25, -0.2) is 0 Å². The quantitative estimate of drug-likeness (QED) is 0.449. The average molecular weight is 265 g/mol. The Balaban J connectivity index is 2.58. The number of nitrogen functional groups attached to an aromatic ring is 1. The second kappa shape index (κ2) is 7.63. The molecule has 1 aromatic carbocycles. The number of nitrogens with one attached hydrogen (secondary N) is 2. The monoisotopic (exact) mass is 265 g/mol. The molecule has 0 radical (unpaired) electrons. The lowest BCUT2D eigenvalue weighted by atomic mass is 10.1. The van der Waals surface area contributed by atoms with E-state index in [0.717, 1.165) is 5.69 Å². The zero-order valence-corrected chi connectivity index (χ0v) is 11.6. The first-order chi connectivity index (χ1) is 9.02. The molecule has 0 aliphatic carbocycles. The summed E-state index contributed by atoms with van der Waals surface area (Å²) in [5.41, 5.74) is 8.01. The normalized spacial score (nSPS) is 10.5. The van der Waals surface area contributed by atoms with E-state index in [9.17, 15) is 4.79 Å². The Kier molecular flexibility index (Phi) is 6.15. The van der Waals surface area contributed by atoms with Crippen LogP contribution in [-0.4, -0.2) is 24.2 Å². The van der Waals surface area contributed by atoms with Gasteiger partial charge in [0.25, 0.3) is 0 Å². The fraction of sp³-hybridized carbons (Fsp3) is 0.500. The van der Waals surface area contributed by atoms with Crippen molar-refractivity contribution < 1.29 is 9.90 Å². The maximum Gasteiger partial charge on any atom is 0.224 e. The molecule has 0 saturated carbocycles. The van der Waals surface area contributed by atoms with Gasteiger partial charge >= 0.3 is 0 Å². The number of hydrogen-bond donors (Lipinski definition) is 4. The summed E-state index contributed by atoms with van der Waals surface area (Å²) in [6.45, 7) is 4.82. The standard InChI is InChI=1S/C14H23N3O2/c1-10(2)8-14(19)17-11-4-5-13(12(15)9-11)16-6-3-7-18/h4-5,9-10,16,18H,3,6-8,15H2,1-2H3,(H,17,19). The molecule has 5 N–H and O–H groups in total. The molecule has 0 aromatic heterocycles. The van der Waals surface area contributed by atoms with E-state index in [1.807, 2.05) is 26.0 Å². The molecule has 1 aromatic rings. The van der Waals surface area contributed by atoms with E-state index in [2.05, 4.69) is 10.6 Å². The van der Waals surface area contributed by atoms with Gasteiger partial charge in [-0.2, -0.15) is 0 Å². The average Bonchev–Trinajstić information content (AvgIpc) is 2.31. The molecule has 0 bridgehead atoms. The van der Waals surface area contributed by atoms with Gasteiger partial charge in [0, 0.05) is 25.3 Å². The Morgan fingerprint density at radius 1 is 1.42 bits per heavy atom. The van der Waals surface area contributed by atoms with Gasteiger partial charge in [-0.1, -0.05) is 13.8 Å². The minimum Gasteiger partial charge on any atom is -0.397 e. The SMILES string of the molecule is CC(C)CC(=O)Nc1ccc(NCCCO)c(N)c1. The van der Waals surface area contributed by atoms with Crippen LogP contribution in [0.15, 0.2) is 18.2 Å². The fourth-order valence-corrected chi connectivity index (χ4v) is 1.69. The predicted molar refractivity (Wildman–Crippen MR) is 79.1 cm³/mol. The molecule has 0 aliphatic rings. The summed E-state index contributed by atoms with van der Waals surface area (Å²) in [6, 6.07) is 5.38. The summed E-state index contributed by atoms with van der Waals surface area (Å²) in [6.07, 6.45) is 1.17. The number of benzene rings is 1. The molecular formula is C14H23N3O2. The van der Waals surface area contributed by atoms with Crippen LogP contribution in [0.1, 0.15) is 26.7 Å². The van der Waals surface area contributed by atoms with E-state index in [1.54, 1.807) is 6.07 Å². The van der Waals surface area contributed by atoms with Gasteiger partial charge < -0.3 is 21.5 Å². The number of aliphatic hydroxyl groups is 1. The van der Waals surface area contributed by atoms with Crippen molar-refractivity contribution in [2.45, 2.75) is 26.7 Å². The summed E-state index contributed by atoms with van der Waals surface area (Å²) >= 11 is 0. The molecule has 0 aliphatic heterocycles. The van der Waals surface area contributed by atoms with E-state index < -0.39 is 0 Å². The van der Waals surface area contributed by atoms with Crippen molar-refractivity contribution in [1.82, 2.24) is 0 Å². The highest BCUT2D eigenvalue weighted by atomic mass is 16.3. The Morgan fingerprint density at radius 2 is 2.16 bits per heavy atom. The highest BCUT2D eigenvalue weighted by molar-refractivity contribution is 5.92. The molecule has 5 nitrogen and oxygen atoms in total. The first-order valence-electron chi connectivity index (χ1n) is 6.57. The molecular weight excluding hydrogens is 242 g/mol. The number of hydrogen-bond acceptors (Lipinski definition) is 4. The molecule has 0 fully saturated rings. The van der Waals surface area contributed by atoms with Crippen LogP contribution in [0.2, 0.25) is 0 Å². The van der Waals surface area contributed by atoms with E-state index in [0.29, 0.717) is 36.7 Å². The third-order valence-corrected chi connectivity index (χ3v) is 2.58. The van der Waals surface area contributed by atoms with Crippen LogP contribution in [0.4, 0.5) is 17.1 Å². The van der Waals surface area contributed by atoms with Gasteiger partial charge in [-0.3, -0.25) is 4.79 Å². The minimum atomic E-state index is -0.00427. The zero-order chi connectivity index (χ0) is 14.3. The third-order valence-electron chi connectivity index (χ3n) is 2.58. The highest BCUT2D eigenvalue weighted by Crippen LogP contribution is 2.23. The lowest BCUT2D eigenvalue weighted by Crippen LogP contribution is -2.14. The van der Waals surface area contributed by atoms with Gasteiger partial charge in [0.2, 0.25) is 5.91 Å². The third kappa shape index (κ3) is 5.61. The van der Waals surface area contributed by atoms with E-state index in [4.69, 9.17) is 10.8 Å². The Morgan fingerprint density at radius 3 is 2.74 bits per heavy atom. The zero-order valence-electron chi connectivity index (χ0n) is 11.6. The topological polar surface area (TPSA) is 87.4 Å². The van der Waals surface area contributed by atoms with Crippen molar-refractivity contribution in [3.05, 3.63) is 18.2 Å². The van der Waals surface area contributed by atoms with Gasteiger partial charge in [-0.15, -0.1) is 0 Å². The molecule has 0 atom stereocenters. The molecule has 0 unspecified atom stereocenters. The predicted octanol–water partition coefficient (Wildman–Crippen LogP) is 2.05. The number of aliphatic hydroxyl groups excluding tert-OH is 1. The number of anilines is 3. The largest absolute Gasteiger partial charge is 0.397 e. The number of rotatable bonds is 7. The molecule has 19 heavy (non-hydrogen) atoms. The van der Waals surface area contributed by atoms with Crippen LogP contribution in [0.5, 0.6) is 0 Å². The molecule has 106 valence electrons. The van der Waals surface area contributed by atoms with Crippen LogP contribution < -0.4 is 16.4 Å². The minimum absolute atomic E-state index is 0.00427. The Bertz CT molecular complexity index is 419. The number of nitrogens with two attached hydrogens (primary N) is 1. The van der Waals surface area contributed by atoms with Crippen molar-refractivity contribution in [2.24, 2.45) is 5.92 Å². The van der Waals surface area contributed by atoms with Crippen molar-refractivity contribution in [3.8, 4) is 0 Å². The summed E-state index contributed by atoms with van der Waals surface area (Å²) in [4.78, 5) is 11.6. The molecule has 1 rings (SSSR count). The van der Waals surface area contributed by atoms with Crippen molar-refractivity contribution >= 4 is 23.0 Å². The van der Waals surface area contributed by atoms with Crippen LogP contribution >= 0.6 is 0 Å². The maximum absolute atomic E-state index is 11.6. The summed E-state index contributed by atoms with van der Waals surface area (Å²) in [5, 5.41) is 14.7. The van der Waals surface area contributed by atoms with Crippen molar-refractivity contribution in [1.29, 1.82) is 0 Å². The number of carbonyl (C=O) groups excluding carboxylic acids is 1. The second-order valence-electron chi connectivity index (χ2n) is 4.95. The van der Waals surface area contributed by atoms with E-state index >= 15 is 0 Å². The van der Waals surface area contributed by atoms with Crippen LogP contribution in [0.25, 0.3) is 0 Å². The lowest BCUT2D eigenvalue weighted by molar-refractivity contribution is -0.116. The molecule has 0 spiro atoms. The summed E-state index contributed by atoms with van der Waals surface area (Å²) < 4.78 is 0. The van der Waals surface area contributed by atoms with Gasteiger partial charge in [0.15, 0.2) is 0 Å². The van der Waals surface area contributed by atoms with Gasteiger partial charge in [0.1, 0.15) is 0 Å². The van der Waals surface area contributed by atoms with Crippen molar-refractivity contribution in [3.63, 3.8) is 0 Å². The smallest absolute Gasteiger partial charge is 0.224 e.